The Hall–Kier alpha value is -1.44. The highest BCUT2D eigenvalue weighted by molar-refractivity contribution is 6.18. The van der Waals surface area contributed by atoms with Gasteiger partial charge in [0.1, 0.15) is 17.9 Å². The molecule has 0 radical (unpaired) electrons. The maximum absolute atomic E-state index is 9.98. The SMILES string of the molecule is Nc1ncnc2c1ncn2[C@@H]1O[C@H](CCl)C[C@H]1O. The third-order valence-electron chi connectivity index (χ3n) is 3.00. The third-order valence-corrected chi connectivity index (χ3v) is 3.34. The largest absolute Gasteiger partial charge is 0.388 e. The van der Waals surface area contributed by atoms with Crippen LogP contribution in [-0.2, 0) is 4.74 Å². The molecule has 8 heteroatoms. The van der Waals surface area contributed by atoms with Gasteiger partial charge in [-0.25, -0.2) is 15.0 Å². The molecule has 0 saturated carbocycles. The molecule has 96 valence electrons. The molecule has 2 aromatic rings. The first-order valence-electron chi connectivity index (χ1n) is 5.53. The van der Waals surface area contributed by atoms with Crippen molar-refractivity contribution in [1.29, 1.82) is 0 Å². The maximum Gasteiger partial charge on any atom is 0.167 e. The summed E-state index contributed by atoms with van der Waals surface area (Å²) < 4.78 is 7.31. The Bertz CT molecular complexity index is 574. The molecule has 3 heterocycles. The summed E-state index contributed by atoms with van der Waals surface area (Å²) in [6, 6.07) is 0. The molecule has 18 heavy (non-hydrogen) atoms. The van der Waals surface area contributed by atoms with E-state index in [1.807, 2.05) is 0 Å². The first kappa shape index (κ1) is 11.6. The van der Waals surface area contributed by atoms with Gasteiger partial charge in [0, 0.05) is 12.3 Å². The summed E-state index contributed by atoms with van der Waals surface area (Å²) in [4.78, 5) is 12.1. The van der Waals surface area contributed by atoms with E-state index in [1.165, 1.54) is 6.33 Å². The minimum atomic E-state index is -0.637. The van der Waals surface area contributed by atoms with Crippen molar-refractivity contribution in [2.24, 2.45) is 0 Å². The van der Waals surface area contributed by atoms with Gasteiger partial charge in [-0.05, 0) is 0 Å². The highest BCUT2D eigenvalue weighted by Crippen LogP contribution is 2.31. The van der Waals surface area contributed by atoms with Crippen molar-refractivity contribution in [3.63, 3.8) is 0 Å². The fourth-order valence-electron chi connectivity index (χ4n) is 2.14. The number of nitrogen functional groups attached to an aromatic ring is 1. The van der Waals surface area contributed by atoms with Crippen LogP contribution in [0.15, 0.2) is 12.7 Å². The monoisotopic (exact) mass is 269 g/mol. The van der Waals surface area contributed by atoms with Gasteiger partial charge < -0.3 is 15.6 Å². The lowest BCUT2D eigenvalue weighted by atomic mass is 10.2. The van der Waals surface area contributed by atoms with E-state index in [0.29, 0.717) is 29.3 Å². The number of ether oxygens (including phenoxy) is 1. The predicted octanol–water partition coefficient (Wildman–Crippen LogP) is 0.296. The molecule has 1 fully saturated rings. The summed E-state index contributed by atoms with van der Waals surface area (Å²) in [6.45, 7) is 0. The summed E-state index contributed by atoms with van der Waals surface area (Å²) in [5.41, 5.74) is 6.75. The van der Waals surface area contributed by atoms with Crippen molar-refractivity contribution in [2.75, 3.05) is 11.6 Å². The van der Waals surface area contributed by atoms with Crippen LogP contribution < -0.4 is 5.73 Å². The lowest BCUT2D eigenvalue weighted by Gasteiger charge is -2.16. The van der Waals surface area contributed by atoms with Crippen LogP contribution in [0.5, 0.6) is 0 Å². The number of nitrogens with zero attached hydrogens (tertiary/aromatic N) is 4. The fraction of sp³-hybridized carbons (Fsp3) is 0.500. The molecule has 3 atom stereocenters. The first-order valence-corrected chi connectivity index (χ1v) is 6.06. The number of nitrogens with two attached hydrogens (primary N) is 1. The molecule has 1 aliphatic rings. The quantitative estimate of drug-likeness (QED) is 0.761. The van der Waals surface area contributed by atoms with Crippen molar-refractivity contribution < 1.29 is 9.84 Å². The van der Waals surface area contributed by atoms with Crippen LogP contribution in [0.2, 0.25) is 0 Å². The Labute approximate surface area is 108 Å². The van der Waals surface area contributed by atoms with Gasteiger partial charge in [0.05, 0.1) is 12.4 Å². The number of rotatable bonds is 2. The summed E-state index contributed by atoms with van der Waals surface area (Å²) in [6.07, 6.45) is 2.06. The van der Waals surface area contributed by atoms with Crippen molar-refractivity contribution in [1.82, 2.24) is 19.5 Å². The van der Waals surface area contributed by atoms with Gasteiger partial charge in [0.15, 0.2) is 17.7 Å². The Balaban J connectivity index is 2.02. The van der Waals surface area contributed by atoms with Crippen molar-refractivity contribution in [2.45, 2.75) is 24.9 Å². The Kier molecular flexibility index (Phi) is 2.81. The van der Waals surface area contributed by atoms with E-state index in [4.69, 9.17) is 22.1 Å². The number of aromatic nitrogens is 4. The molecular formula is C10H12ClN5O2. The number of imidazole rings is 1. The van der Waals surface area contributed by atoms with Crippen LogP contribution >= 0.6 is 11.6 Å². The zero-order valence-corrected chi connectivity index (χ0v) is 10.2. The molecule has 0 bridgehead atoms. The average molecular weight is 270 g/mol. The van der Waals surface area contributed by atoms with Gasteiger partial charge in [-0.1, -0.05) is 0 Å². The predicted molar refractivity (Wildman–Crippen MR) is 65.0 cm³/mol. The highest BCUT2D eigenvalue weighted by atomic mass is 35.5. The van der Waals surface area contributed by atoms with E-state index < -0.39 is 12.3 Å². The molecule has 0 aromatic carbocycles. The number of anilines is 1. The van der Waals surface area contributed by atoms with E-state index >= 15 is 0 Å². The molecule has 3 rings (SSSR count). The number of hydrogen-bond acceptors (Lipinski definition) is 6. The molecule has 0 amide bonds. The van der Waals surface area contributed by atoms with Gasteiger partial charge in [-0.3, -0.25) is 4.57 Å². The zero-order chi connectivity index (χ0) is 12.7. The number of halogens is 1. The van der Waals surface area contributed by atoms with E-state index in [9.17, 15) is 5.11 Å². The topological polar surface area (TPSA) is 99.1 Å². The molecule has 7 nitrogen and oxygen atoms in total. The minimum Gasteiger partial charge on any atom is -0.388 e. The number of aliphatic hydroxyl groups is 1. The second-order valence-electron chi connectivity index (χ2n) is 4.19. The van der Waals surface area contributed by atoms with E-state index in [2.05, 4.69) is 15.0 Å². The molecule has 3 N–H and O–H groups in total. The van der Waals surface area contributed by atoms with Crippen LogP contribution in [0.25, 0.3) is 11.2 Å². The molecule has 0 unspecified atom stereocenters. The van der Waals surface area contributed by atoms with Crippen LogP contribution in [0.1, 0.15) is 12.6 Å². The number of aliphatic hydroxyl groups excluding tert-OH is 1. The Morgan fingerprint density at radius 3 is 3.06 bits per heavy atom. The summed E-state index contributed by atoms with van der Waals surface area (Å²) in [5.74, 6) is 0.650. The fourth-order valence-corrected chi connectivity index (χ4v) is 2.33. The Morgan fingerprint density at radius 2 is 2.33 bits per heavy atom. The van der Waals surface area contributed by atoms with E-state index in [0.717, 1.165) is 0 Å². The minimum absolute atomic E-state index is 0.164. The Morgan fingerprint density at radius 1 is 1.50 bits per heavy atom. The number of fused-ring (bicyclic) bond motifs is 1. The molecule has 0 aliphatic carbocycles. The number of alkyl halides is 1. The van der Waals surface area contributed by atoms with Crippen LogP contribution in [0.4, 0.5) is 5.82 Å². The van der Waals surface area contributed by atoms with Gasteiger partial charge in [-0.15, -0.1) is 11.6 Å². The van der Waals surface area contributed by atoms with Crippen LogP contribution in [0.3, 0.4) is 0 Å². The molecule has 1 aliphatic heterocycles. The van der Waals surface area contributed by atoms with Gasteiger partial charge in [-0.2, -0.15) is 0 Å². The lowest BCUT2D eigenvalue weighted by Crippen LogP contribution is -2.19. The van der Waals surface area contributed by atoms with Crippen molar-refractivity contribution in [3.8, 4) is 0 Å². The zero-order valence-electron chi connectivity index (χ0n) is 9.40. The summed E-state index contributed by atoms with van der Waals surface area (Å²) in [7, 11) is 0. The van der Waals surface area contributed by atoms with Crippen LogP contribution in [0, 0.1) is 0 Å². The third kappa shape index (κ3) is 1.71. The lowest BCUT2D eigenvalue weighted by molar-refractivity contribution is -0.0288. The summed E-state index contributed by atoms with van der Waals surface area (Å²) in [5, 5.41) is 9.98. The molecular weight excluding hydrogens is 258 g/mol. The molecule has 0 spiro atoms. The standard InChI is InChI=1S/C10H12ClN5O2/c11-2-5-1-6(17)10(18-5)16-4-15-7-8(12)13-3-14-9(7)16/h3-6,10,17H,1-2H2,(H2,12,13,14)/t5-,6+,10+/m0/s1. The second kappa shape index (κ2) is 4.34. The van der Waals surface area contributed by atoms with Crippen molar-refractivity contribution in [3.05, 3.63) is 12.7 Å². The highest BCUT2D eigenvalue weighted by Gasteiger charge is 2.35. The van der Waals surface area contributed by atoms with Crippen molar-refractivity contribution >= 4 is 28.6 Å². The van der Waals surface area contributed by atoms with Gasteiger partial charge >= 0.3 is 0 Å². The molecule has 1 saturated heterocycles. The van der Waals surface area contributed by atoms with Gasteiger partial charge in [0.25, 0.3) is 0 Å². The van der Waals surface area contributed by atoms with E-state index in [-0.39, 0.29) is 6.10 Å². The number of hydrogen-bond donors (Lipinski definition) is 2. The normalized spacial score (nSPS) is 28.0. The van der Waals surface area contributed by atoms with Crippen LogP contribution in [-0.4, -0.2) is 42.7 Å². The van der Waals surface area contributed by atoms with E-state index in [1.54, 1.807) is 10.9 Å². The molecule has 2 aromatic heterocycles. The first-order chi connectivity index (χ1) is 8.70. The average Bonchev–Trinajstić information content (AvgIpc) is 2.93. The smallest absolute Gasteiger partial charge is 0.167 e. The second-order valence-corrected chi connectivity index (χ2v) is 4.50. The maximum atomic E-state index is 9.98. The van der Waals surface area contributed by atoms with Gasteiger partial charge in [0.2, 0.25) is 0 Å². The summed E-state index contributed by atoms with van der Waals surface area (Å²) >= 11 is 5.74.